The van der Waals surface area contributed by atoms with Crippen LogP contribution in [-0.4, -0.2) is 23.2 Å². The molecule has 1 aromatic carbocycles. The maximum absolute atomic E-state index is 10.9. The van der Waals surface area contributed by atoms with Gasteiger partial charge in [0, 0.05) is 12.1 Å². The zero-order valence-corrected chi connectivity index (χ0v) is 9.88. The van der Waals surface area contributed by atoms with E-state index in [1.54, 1.807) is 17.9 Å². The van der Waals surface area contributed by atoms with E-state index in [2.05, 4.69) is 5.10 Å². The molecule has 0 radical (unpaired) electrons. The van der Waals surface area contributed by atoms with Crippen molar-refractivity contribution in [3.8, 4) is 17.0 Å². The summed E-state index contributed by atoms with van der Waals surface area (Å²) in [7, 11) is 1.62. The van der Waals surface area contributed by atoms with Crippen molar-refractivity contribution in [2.75, 3.05) is 7.11 Å². The SMILES string of the molecule is CCn1nc(-c2ccccc2OC)cc1C=O. The Morgan fingerprint density at radius 2 is 2.18 bits per heavy atom. The van der Waals surface area contributed by atoms with Gasteiger partial charge in [0.05, 0.1) is 12.8 Å². The zero-order valence-electron chi connectivity index (χ0n) is 9.88. The molecule has 2 aromatic rings. The van der Waals surface area contributed by atoms with E-state index in [1.165, 1.54) is 0 Å². The Morgan fingerprint density at radius 1 is 1.41 bits per heavy atom. The van der Waals surface area contributed by atoms with Crippen LogP contribution in [0.1, 0.15) is 17.4 Å². The molecule has 88 valence electrons. The number of para-hydroxylation sites is 1. The van der Waals surface area contributed by atoms with Crippen molar-refractivity contribution in [3.05, 3.63) is 36.0 Å². The number of methoxy groups -OCH3 is 1. The number of benzene rings is 1. The maximum Gasteiger partial charge on any atom is 0.168 e. The summed E-state index contributed by atoms with van der Waals surface area (Å²) >= 11 is 0. The van der Waals surface area contributed by atoms with E-state index in [-0.39, 0.29) is 0 Å². The predicted octanol–water partition coefficient (Wildman–Crippen LogP) is 2.39. The van der Waals surface area contributed by atoms with E-state index in [9.17, 15) is 4.79 Å². The minimum Gasteiger partial charge on any atom is -0.496 e. The third-order valence-corrected chi connectivity index (χ3v) is 2.61. The minimum atomic E-state index is 0.577. The fourth-order valence-electron chi connectivity index (χ4n) is 1.77. The van der Waals surface area contributed by atoms with Gasteiger partial charge in [-0.2, -0.15) is 5.10 Å². The highest BCUT2D eigenvalue weighted by atomic mass is 16.5. The number of rotatable bonds is 4. The molecule has 0 bridgehead atoms. The van der Waals surface area contributed by atoms with Crippen molar-refractivity contribution in [3.63, 3.8) is 0 Å². The average Bonchev–Trinajstić information content (AvgIpc) is 2.81. The van der Waals surface area contributed by atoms with Crippen LogP contribution < -0.4 is 4.74 Å². The summed E-state index contributed by atoms with van der Waals surface area (Å²) in [4.78, 5) is 10.9. The summed E-state index contributed by atoms with van der Waals surface area (Å²) < 4.78 is 6.95. The number of aldehydes is 1. The first-order valence-corrected chi connectivity index (χ1v) is 5.46. The lowest BCUT2D eigenvalue weighted by Gasteiger charge is -2.04. The van der Waals surface area contributed by atoms with E-state index in [1.807, 2.05) is 31.2 Å². The molecular weight excluding hydrogens is 216 g/mol. The molecule has 1 heterocycles. The molecule has 17 heavy (non-hydrogen) atoms. The summed E-state index contributed by atoms with van der Waals surface area (Å²) in [6, 6.07) is 9.40. The second kappa shape index (κ2) is 4.82. The highest BCUT2D eigenvalue weighted by molar-refractivity contribution is 5.77. The van der Waals surface area contributed by atoms with Gasteiger partial charge in [0.15, 0.2) is 6.29 Å². The third kappa shape index (κ3) is 2.06. The number of carbonyl (C=O) groups excluding carboxylic acids is 1. The van der Waals surface area contributed by atoms with E-state index in [0.29, 0.717) is 12.2 Å². The van der Waals surface area contributed by atoms with Gasteiger partial charge in [-0.1, -0.05) is 12.1 Å². The average molecular weight is 230 g/mol. The number of hydrogen-bond acceptors (Lipinski definition) is 3. The van der Waals surface area contributed by atoms with Gasteiger partial charge in [-0.25, -0.2) is 0 Å². The second-order valence-electron chi connectivity index (χ2n) is 3.59. The summed E-state index contributed by atoms with van der Waals surface area (Å²) in [6.07, 6.45) is 0.815. The quantitative estimate of drug-likeness (QED) is 0.757. The van der Waals surface area contributed by atoms with Crippen molar-refractivity contribution in [2.24, 2.45) is 0 Å². The summed E-state index contributed by atoms with van der Waals surface area (Å²) in [5.41, 5.74) is 2.23. The summed E-state index contributed by atoms with van der Waals surface area (Å²) in [6.45, 7) is 2.62. The zero-order chi connectivity index (χ0) is 12.3. The van der Waals surface area contributed by atoms with Gasteiger partial charge < -0.3 is 4.74 Å². The molecule has 2 rings (SSSR count). The Labute approximate surface area is 99.8 Å². The van der Waals surface area contributed by atoms with Crippen LogP contribution in [0, 0.1) is 0 Å². The van der Waals surface area contributed by atoms with Gasteiger partial charge in [-0.3, -0.25) is 9.48 Å². The lowest BCUT2D eigenvalue weighted by Crippen LogP contribution is -2.01. The van der Waals surface area contributed by atoms with Gasteiger partial charge in [0.2, 0.25) is 0 Å². The van der Waals surface area contributed by atoms with Gasteiger partial charge in [0.25, 0.3) is 0 Å². The third-order valence-electron chi connectivity index (χ3n) is 2.61. The topological polar surface area (TPSA) is 44.1 Å². The molecule has 0 atom stereocenters. The molecule has 0 amide bonds. The summed E-state index contributed by atoms with van der Waals surface area (Å²) in [5.74, 6) is 0.755. The molecule has 4 heteroatoms. The van der Waals surface area contributed by atoms with Crippen LogP contribution in [-0.2, 0) is 6.54 Å². The minimum absolute atomic E-state index is 0.577. The number of aryl methyl sites for hydroxylation is 1. The molecule has 0 saturated heterocycles. The molecule has 1 aromatic heterocycles. The van der Waals surface area contributed by atoms with Crippen LogP contribution in [0.3, 0.4) is 0 Å². The van der Waals surface area contributed by atoms with E-state index in [4.69, 9.17) is 4.74 Å². The number of hydrogen-bond donors (Lipinski definition) is 0. The summed E-state index contributed by atoms with van der Waals surface area (Å²) in [5, 5.41) is 4.38. The molecule has 0 unspecified atom stereocenters. The maximum atomic E-state index is 10.9. The van der Waals surface area contributed by atoms with Crippen LogP contribution in [0.25, 0.3) is 11.3 Å². The first-order valence-electron chi connectivity index (χ1n) is 5.46. The number of nitrogens with zero attached hydrogens (tertiary/aromatic N) is 2. The number of aromatic nitrogens is 2. The van der Waals surface area contributed by atoms with Crippen LogP contribution in [0.2, 0.25) is 0 Å². The van der Waals surface area contributed by atoms with E-state index < -0.39 is 0 Å². The van der Waals surface area contributed by atoms with Crippen molar-refractivity contribution < 1.29 is 9.53 Å². The van der Waals surface area contributed by atoms with E-state index >= 15 is 0 Å². The molecule has 0 spiro atoms. The van der Waals surface area contributed by atoms with Crippen molar-refractivity contribution >= 4 is 6.29 Å². The molecule has 4 nitrogen and oxygen atoms in total. The fraction of sp³-hybridized carbons (Fsp3) is 0.231. The molecule has 0 aliphatic rings. The van der Waals surface area contributed by atoms with Crippen molar-refractivity contribution in [1.29, 1.82) is 0 Å². The predicted molar refractivity (Wildman–Crippen MR) is 65.3 cm³/mol. The van der Waals surface area contributed by atoms with Gasteiger partial charge in [-0.05, 0) is 25.1 Å². The van der Waals surface area contributed by atoms with Gasteiger partial charge in [-0.15, -0.1) is 0 Å². The van der Waals surface area contributed by atoms with E-state index in [0.717, 1.165) is 23.3 Å². The Morgan fingerprint density at radius 3 is 2.76 bits per heavy atom. The molecule has 0 fully saturated rings. The molecule has 0 aliphatic heterocycles. The van der Waals surface area contributed by atoms with Crippen LogP contribution >= 0.6 is 0 Å². The van der Waals surface area contributed by atoms with Crippen molar-refractivity contribution in [2.45, 2.75) is 13.5 Å². The smallest absolute Gasteiger partial charge is 0.168 e. The largest absolute Gasteiger partial charge is 0.496 e. The lowest BCUT2D eigenvalue weighted by atomic mass is 10.1. The Hall–Kier alpha value is -2.10. The first-order chi connectivity index (χ1) is 8.30. The number of carbonyl (C=O) groups is 1. The molecule has 0 aliphatic carbocycles. The normalized spacial score (nSPS) is 10.2. The van der Waals surface area contributed by atoms with Gasteiger partial charge >= 0.3 is 0 Å². The Kier molecular flexibility index (Phi) is 3.23. The lowest BCUT2D eigenvalue weighted by molar-refractivity contribution is 0.111. The van der Waals surface area contributed by atoms with Crippen LogP contribution in [0.4, 0.5) is 0 Å². The fourth-order valence-corrected chi connectivity index (χ4v) is 1.77. The van der Waals surface area contributed by atoms with Gasteiger partial charge in [0.1, 0.15) is 11.4 Å². The highest BCUT2D eigenvalue weighted by Gasteiger charge is 2.11. The van der Waals surface area contributed by atoms with Crippen LogP contribution in [0.15, 0.2) is 30.3 Å². The number of ether oxygens (including phenoxy) is 1. The standard InChI is InChI=1S/C13H14N2O2/c1-3-15-10(9-16)8-12(14-15)11-6-4-5-7-13(11)17-2/h4-9H,3H2,1-2H3. The highest BCUT2D eigenvalue weighted by Crippen LogP contribution is 2.28. The Bertz CT molecular complexity index is 532. The van der Waals surface area contributed by atoms with Crippen molar-refractivity contribution in [1.82, 2.24) is 9.78 Å². The van der Waals surface area contributed by atoms with Crippen LogP contribution in [0.5, 0.6) is 5.75 Å². The Balaban J connectivity index is 2.52. The molecule has 0 saturated carbocycles. The first kappa shape index (κ1) is 11.4. The molecule has 0 N–H and O–H groups in total. The monoisotopic (exact) mass is 230 g/mol. The molecular formula is C13H14N2O2. The second-order valence-corrected chi connectivity index (χ2v) is 3.59.